The third-order valence-electron chi connectivity index (χ3n) is 3.83. The molecule has 0 bridgehead atoms. The van der Waals surface area contributed by atoms with E-state index in [0.717, 1.165) is 25.1 Å². The van der Waals surface area contributed by atoms with Crippen molar-refractivity contribution in [3.8, 4) is 0 Å². The molecule has 0 amide bonds. The Kier molecular flexibility index (Phi) is 2.39. The number of hydrogen-bond acceptors (Lipinski definition) is 3. The summed E-state index contributed by atoms with van der Waals surface area (Å²) in [5.74, 6) is 0. The fraction of sp³-hybridized carbons (Fsp3) is 0.750. The molecule has 2 aliphatic rings. The molecule has 1 unspecified atom stereocenters. The summed E-state index contributed by atoms with van der Waals surface area (Å²) in [6.45, 7) is 0.901. The van der Waals surface area contributed by atoms with Crippen molar-refractivity contribution < 1.29 is 4.74 Å². The summed E-state index contributed by atoms with van der Waals surface area (Å²) >= 11 is 0. The lowest BCUT2D eigenvalue weighted by molar-refractivity contribution is -0.130. The van der Waals surface area contributed by atoms with E-state index in [2.05, 4.69) is 10.4 Å². The zero-order valence-corrected chi connectivity index (χ0v) is 9.78. The third kappa shape index (κ3) is 1.82. The zero-order valence-electron chi connectivity index (χ0n) is 9.78. The number of aryl methyl sites for hydroxylation is 1. The fourth-order valence-electron chi connectivity index (χ4n) is 2.80. The second-order valence-electron chi connectivity index (χ2n) is 5.12. The standard InChI is InChI=1S/C12H19N3O/c1-15-9-11(8-13-15)14-10-3-6-16-12(7-10)4-2-5-12/h8-10,14H,2-7H2,1H3. The summed E-state index contributed by atoms with van der Waals surface area (Å²) in [6.07, 6.45) is 10.0. The molecular weight excluding hydrogens is 202 g/mol. The molecule has 16 heavy (non-hydrogen) atoms. The first kappa shape index (κ1) is 10.1. The van der Waals surface area contributed by atoms with Crippen LogP contribution in [0, 0.1) is 0 Å². The molecule has 1 N–H and O–H groups in total. The Morgan fingerprint density at radius 2 is 2.44 bits per heavy atom. The highest BCUT2D eigenvalue weighted by molar-refractivity contribution is 5.39. The van der Waals surface area contributed by atoms with Gasteiger partial charge in [-0.05, 0) is 32.1 Å². The molecule has 1 aromatic heterocycles. The van der Waals surface area contributed by atoms with Crippen LogP contribution in [0.3, 0.4) is 0 Å². The summed E-state index contributed by atoms with van der Waals surface area (Å²) in [6, 6.07) is 0.554. The molecule has 1 aliphatic carbocycles. The minimum absolute atomic E-state index is 0.220. The van der Waals surface area contributed by atoms with Crippen LogP contribution < -0.4 is 5.32 Å². The fourth-order valence-corrected chi connectivity index (χ4v) is 2.80. The molecule has 1 saturated heterocycles. The second-order valence-corrected chi connectivity index (χ2v) is 5.12. The molecule has 3 rings (SSSR count). The van der Waals surface area contributed by atoms with Gasteiger partial charge in [0.1, 0.15) is 0 Å². The maximum atomic E-state index is 5.91. The van der Waals surface area contributed by atoms with Gasteiger partial charge in [0.05, 0.1) is 17.5 Å². The average molecular weight is 221 g/mol. The number of nitrogens with one attached hydrogen (secondary N) is 1. The smallest absolute Gasteiger partial charge is 0.0728 e. The summed E-state index contributed by atoms with van der Waals surface area (Å²) in [5.41, 5.74) is 1.35. The summed E-state index contributed by atoms with van der Waals surface area (Å²) in [5, 5.41) is 7.74. The van der Waals surface area contributed by atoms with E-state index in [4.69, 9.17) is 4.74 Å². The molecule has 2 heterocycles. The Morgan fingerprint density at radius 3 is 3.06 bits per heavy atom. The SMILES string of the molecule is Cn1cc(NC2CCOC3(CCC3)C2)cn1. The largest absolute Gasteiger partial charge is 0.380 e. The predicted octanol–water partition coefficient (Wildman–Crippen LogP) is 1.93. The van der Waals surface area contributed by atoms with Gasteiger partial charge in [-0.25, -0.2) is 0 Å². The monoisotopic (exact) mass is 221 g/mol. The quantitative estimate of drug-likeness (QED) is 0.829. The highest BCUT2D eigenvalue weighted by Crippen LogP contribution is 2.42. The van der Waals surface area contributed by atoms with Gasteiger partial charge in [0.25, 0.3) is 0 Å². The van der Waals surface area contributed by atoms with E-state index in [1.807, 2.05) is 24.1 Å². The van der Waals surface area contributed by atoms with E-state index in [1.165, 1.54) is 19.3 Å². The topological polar surface area (TPSA) is 39.1 Å². The average Bonchev–Trinajstić information content (AvgIpc) is 2.62. The lowest BCUT2D eigenvalue weighted by Crippen LogP contribution is -2.48. The van der Waals surface area contributed by atoms with E-state index in [1.54, 1.807) is 0 Å². The van der Waals surface area contributed by atoms with Gasteiger partial charge in [-0.15, -0.1) is 0 Å². The lowest BCUT2D eigenvalue weighted by atomic mass is 9.74. The molecule has 4 heteroatoms. The number of hydrogen-bond donors (Lipinski definition) is 1. The number of rotatable bonds is 2. The van der Waals surface area contributed by atoms with Gasteiger partial charge in [0, 0.05) is 25.9 Å². The number of ether oxygens (including phenoxy) is 1. The van der Waals surface area contributed by atoms with Crippen molar-refractivity contribution >= 4 is 5.69 Å². The molecule has 1 atom stereocenters. The van der Waals surface area contributed by atoms with Crippen molar-refractivity contribution in [2.24, 2.45) is 7.05 Å². The van der Waals surface area contributed by atoms with Gasteiger partial charge in [-0.3, -0.25) is 4.68 Å². The van der Waals surface area contributed by atoms with Gasteiger partial charge in [0.15, 0.2) is 0 Å². The zero-order chi connectivity index (χ0) is 11.0. The highest BCUT2D eigenvalue weighted by atomic mass is 16.5. The maximum absolute atomic E-state index is 5.91. The summed E-state index contributed by atoms with van der Waals surface area (Å²) < 4.78 is 7.75. The van der Waals surface area contributed by atoms with Gasteiger partial charge in [-0.1, -0.05) is 0 Å². The highest BCUT2D eigenvalue weighted by Gasteiger charge is 2.42. The minimum atomic E-state index is 0.220. The number of aromatic nitrogens is 2. The molecule has 1 aliphatic heterocycles. The molecule has 2 fully saturated rings. The van der Waals surface area contributed by atoms with Crippen molar-refractivity contribution in [1.29, 1.82) is 0 Å². The van der Waals surface area contributed by atoms with Crippen molar-refractivity contribution in [2.45, 2.75) is 43.7 Å². The normalized spacial score (nSPS) is 27.7. The summed E-state index contributed by atoms with van der Waals surface area (Å²) in [4.78, 5) is 0. The number of nitrogens with zero attached hydrogens (tertiary/aromatic N) is 2. The first-order chi connectivity index (χ1) is 7.76. The number of anilines is 1. The minimum Gasteiger partial charge on any atom is -0.380 e. The van der Waals surface area contributed by atoms with Crippen molar-refractivity contribution in [2.75, 3.05) is 11.9 Å². The van der Waals surface area contributed by atoms with Crippen molar-refractivity contribution in [1.82, 2.24) is 9.78 Å². The Bertz CT molecular complexity index is 370. The molecule has 1 spiro atoms. The van der Waals surface area contributed by atoms with Crippen LogP contribution in [0.5, 0.6) is 0 Å². The molecular formula is C12H19N3O. The molecule has 1 saturated carbocycles. The van der Waals surface area contributed by atoms with E-state index < -0.39 is 0 Å². The van der Waals surface area contributed by atoms with E-state index >= 15 is 0 Å². The molecule has 1 aromatic rings. The van der Waals surface area contributed by atoms with Crippen LogP contribution in [0.4, 0.5) is 5.69 Å². The van der Waals surface area contributed by atoms with Gasteiger partial charge in [-0.2, -0.15) is 5.10 Å². The van der Waals surface area contributed by atoms with Gasteiger partial charge >= 0.3 is 0 Å². The Morgan fingerprint density at radius 1 is 1.56 bits per heavy atom. The first-order valence-electron chi connectivity index (χ1n) is 6.15. The van der Waals surface area contributed by atoms with Crippen LogP contribution in [0.25, 0.3) is 0 Å². The van der Waals surface area contributed by atoms with E-state index in [9.17, 15) is 0 Å². The van der Waals surface area contributed by atoms with Gasteiger partial charge in [0.2, 0.25) is 0 Å². The third-order valence-corrected chi connectivity index (χ3v) is 3.83. The predicted molar refractivity (Wildman–Crippen MR) is 62.4 cm³/mol. The maximum Gasteiger partial charge on any atom is 0.0728 e. The van der Waals surface area contributed by atoms with Crippen LogP contribution in [-0.4, -0.2) is 28.0 Å². The van der Waals surface area contributed by atoms with Crippen molar-refractivity contribution in [3.05, 3.63) is 12.4 Å². The van der Waals surface area contributed by atoms with E-state index in [-0.39, 0.29) is 5.60 Å². The van der Waals surface area contributed by atoms with Crippen LogP contribution in [0.15, 0.2) is 12.4 Å². The Labute approximate surface area is 96.0 Å². The molecule has 4 nitrogen and oxygen atoms in total. The van der Waals surface area contributed by atoms with Crippen LogP contribution in [0.2, 0.25) is 0 Å². The van der Waals surface area contributed by atoms with Gasteiger partial charge < -0.3 is 10.1 Å². The molecule has 88 valence electrons. The first-order valence-corrected chi connectivity index (χ1v) is 6.15. The summed E-state index contributed by atoms with van der Waals surface area (Å²) in [7, 11) is 1.95. The van der Waals surface area contributed by atoms with Crippen LogP contribution in [-0.2, 0) is 11.8 Å². The van der Waals surface area contributed by atoms with Crippen LogP contribution >= 0.6 is 0 Å². The van der Waals surface area contributed by atoms with Crippen LogP contribution in [0.1, 0.15) is 32.1 Å². The Balaban J connectivity index is 1.62. The van der Waals surface area contributed by atoms with E-state index in [0.29, 0.717) is 6.04 Å². The Hall–Kier alpha value is -1.03. The second kappa shape index (κ2) is 3.77. The van der Waals surface area contributed by atoms with Crippen molar-refractivity contribution in [3.63, 3.8) is 0 Å². The lowest BCUT2D eigenvalue weighted by Gasteiger charge is -2.47. The molecule has 0 radical (unpaired) electrons. The molecule has 0 aromatic carbocycles.